The molecule has 4 nitrogen and oxygen atoms in total. The van der Waals surface area contributed by atoms with E-state index in [1.54, 1.807) is 6.20 Å². The maximum absolute atomic E-state index is 10.2. The summed E-state index contributed by atoms with van der Waals surface area (Å²) in [5, 5.41) is 10.2. The van der Waals surface area contributed by atoms with E-state index in [0.29, 0.717) is 17.0 Å². The van der Waals surface area contributed by atoms with Crippen LogP contribution in [0.1, 0.15) is 5.56 Å². The summed E-state index contributed by atoms with van der Waals surface area (Å²) in [5.41, 5.74) is 3.31. The van der Waals surface area contributed by atoms with Crippen molar-refractivity contribution in [3.8, 4) is 17.1 Å². The Hall–Kier alpha value is -0.900. The van der Waals surface area contributed by atoms with Crippen LogP contribution in [0, 0.1) is 14.1 Å². The number of hydrogen-bond donors (Lipinski definition) is 2. The second kappa shape index (κ2) is 4.89. The summed E-state index contributed by atoms with van der Waals surface area (Å²) in [6, 6.07) is 5.82. The molecule has 0 radical (unpaired) electrons. The summed E-state index contributed by atoms with van der Waals surface area (Å²) >= 11 is 4.34. The van der Waals surface area contributed by atoms with E-state index in [1.807, 2.05) is 25.1 Å². The third-order valence-electron chi connectivity index (χ3n) is 2.76. The molecule has 96 valence electrons. The molecule has 0 aliphatic heterocycles. The Morgan fingerprint density at radius 1 is 1.21 bits per heavy atom. The van der Waals surface area contributed by atoms with Crippen molar-refractivity contribution in [2.75, 3.05) is 0 Å². The summed E-state index contributed by atoms with van der Waals surface area (Å²) in [5.74, 6) is 0.888. The molecular weight excluding hydrogens is 468 g/mol. The van der Waals surface area contributed by atoms with Gasteiger partial charge in [0.1, 0.15) is 11.6 Å². The number of pyridine rings is 1. The summed E-state index contributed by atoms with van der Waals surface area (Å²) < 4.78 is 1.86. The number of H-pyrrole nitrogens is 1. The van der Waals surface area contributed by atoms with Crippen LogP contribution in [0.3, 0.4) is 0 Å². The molecule has 0 amide bonds. The summed E-state index contributed by atoms with van der Waals surface area (Å²) in [4.78, 5) is 11.9. The Morgan fingerprint density at radius 2 is 2.00 bits per heavy atom. The van der Waals surface area contributed by atoms with Crippen LogP contribution in [0.4, 0.5) is 0 Å². The Balaban J connectivity index is 2.24. The largest absolute Gasteiger partial charge is 0.506 e. The lowest BCUT2D eigenvalue weighted by molar-refractivity contribution is 0.473. The van der Waals surface area contributed by atoms with Crippen molar-refractivity contribution in [3.63, 3.8) is 0 Å². The van der Waals surface area contributed by atoms with E-state index in [4.69, 9.17) is 0 Å². The number of nitrogens with zero attached hydrogens (tertiary/aromatic N) is 2. The van der Waals surface area contributed by atoms with Crippen LogP contribution in [0.15, 0.2) is 24.4 Å². The highest BCUT2D eigenvalue weighted by molar-refractivity contribution is 14.1. The van der Waals surface area contributed by atoms with Gasteiger partial charge in [-0.3, -0.25) is 0 Å². The monoisotopic (exact) mass is 477 g/mol. The number of phenolic OH excluding ortho intramolecular Hbond substituents is 1. The number of aryl methyl sites for hydroxylation is 1. The van der Waals surface area contributed by atoms with Crippen molar-refractivity contribution in [1.29, 1.82) is 0 Å². The van der Waals surface area contributed by atoms with Gasteiger partial charge in [-0.25, -0.2) is 9.97 Å². The molecule has 0 bridgehead atoms. The van der Waals surface area contributed by atoms with Crippen LogP contribution >= 0.6 is 45.2 Å². The highest BCUT2D eigenvalue weighted by atomic mass is 127. The number of aromatic amines is 1. The van der Waals surface area contributed by atoms with E-state index in [0.717, 1.165) is 18.2 Å². The van der Waals surface area contributed by atoms with Gasteiger partial charge < -0.3 is 10.1 Å². The molecule has 3 rings (SSSR count). The van der Waals surface area contributed by atoms with Crippen molar-refractivity contribution >= 4 is 56.3 Å². The predicted octanol–water partition coefficient (Wildman–Crippen LogP) is 3.85. The molecule has 6 heteroatoms. The Kier molecular flexibility index (Phi) is 3.37. The average Bonchev–Trinajstić information content (AvgIpc) is 2.76. The van der Waals surface area contributed by atoms with Crippen LogP contribution in [0.2, 0.25) is 0 Å². The third kappa shape index (κ3) is 2.42. The van der Waals surface area contributed by atoms with Gasteiger partial charge in [-0.05, 0) is 75.9 Å². The molecule has 0 atom stereocenters. The maximum Gasteiger partial charge on any atom is 0.178 e. The molecule has 3 aromatic rings. The van der Waals surface area contributed by atoms with Gasteiger partial charge in [0.05, 0.1) is 14.7 Å². The van der Waals surface area contributed by atoms with E-state index in [1.165, 1.54) is 0 Å². The van der Waals surface area contributed by atoms with E-state index in [-0.39, 0.29) is 5.75 Å². The molecule has 0 saturated heterocycles. The van der Waals surface area contributed by atoms with Crippen molar-refractivity contribution in [2.24, 2.45) is 0 Å². The van der Waals surface area contributed by atoms with Gasteiger partial charge in [0.15, 0.2) is 5.65 Å². The van der Waals surface area contributed by atoms with Gasteiger partial charge in [0, 0.05) is 9.77 Å². The average molecular weight is 477 g/mol. The summed E-state index contributed by atoms with van der Waals surface area (Å²) in [6.07, 6.45) is 1.78. The zero-order chi connectivity index (χ0) is 13.6. The highest BCUT2D eigenvalue weighted by Gasteiger charge is 2.13. The number of aromatic nitrogens is 3. The van der Waals surface area contributed by atoms with Gasteiger partial charge in [0.25, 0.3) is 0 Å². The molecule has 0 spiro atoms. The first-order chi connectivity index (χ1) is 9.04. The first kappa shape index (κ1) is 13.1. The van der Waals surface area contributed by atoms with E-state index >= 15 is 0 Å². The standard InChI is InChI=1S/C13H9I2N3O/c1-6-2-10-13(16-5-6)18-12(17-10)8-3-7(14)4-9(15)11(8)19/h2-5,19H,1H3,(H,16,17,18). The summed E-state index contributed by atoms with van der Waals surface area (Å²) in [6.45, 7) is 1.98. The molecule has 0 saturated carbocycles. The number of rotatable bonds is 1. The number of aromatic hydroxyl groups is 1. The fourth-order valence-electron chi connectivity index (χ4n) is 1.88. The van der Waals surface area contributed by atoms with Crippen LogP contribution < -0.4 is 0 Å². The van der Waals surface area contributed by atoms with Gasteiger partial charge in [-0.1, -0.05) is 0 Å². The predicted molar refractivity (Wildman–Crippen MR) is 91.2 cm³/mol. The van der Waals surface area contributed by atoms with Gasteiger partial charge in [0.2, 0.25) is 0 Å². The van der Waals surface area contributed by atoms with Crippen molar-refractivity contribution in [1.82, 2.24) is 15.0 Å². The van der Waals surface area contributed by atoms with Crippen LogP contribution in [-0.2, 0) is 0 Å². The van der Waals surface area contributed by atoms with Crippen LogP contribution in [0.25, 0.3) is 22.6 Å². The number of imidazole rings is 1. The number of benzene rings is 1. The normalized spacial score (nSPS) is 11.1. The topological polar surface area (TPSA) is 61.8 Å². The minimum atomic E-state index is 0.247. The lowest BCUT2D eigenvalue weighted by Crippen LogP contribution is -1.86. The molecule has 0 aliphatic carbocycles. The van der Waals surface area contributed by atoms with Crippen LogP contribution in [0.5, 0.6) is 5.75 Å². The number of hydrogen-bond acceptors (Lipinski definition) is 3. The number of halogens is 2. The number of fused-ring (bicyclic) bond motifs is 1. The van der Waals surface area contributed by atoms with Gasteiger partial charge >= 0.3 is 0 Å². The molecule has 2 N–H and O–H groups in total. The fourth-order valence-corrected chi connectivity index (χ4v) is 3.72. The zero-order valence-electron chi connectivity index (χ0n) is 9.91. The lowest BCUT2D eigenvalue weighted by atomic mass is 10.2. The molecule has 19 heavy (non-hydrogen) atoms. The highest BCUT2D eigenvalue weighted by Crippen LogP contribution is 2.34. The molecule has 0 aliphatic rings. The second-order valence-corrected chi connectivity index (χ2v) is 6.66. The zero-order valence-corrected chi connectivity index (χ0v) is 14.2. The smallest absolute Gasteiger partial charge is 0.178 e. The SMILES string of the molecule is Cc1cnc2nc(-c3cc(I)cc(I)c3O)[nH]c2c1. The molecule has 2 aromatic heterocycles. The van der Waals surface area contributed by atoms with E-state index < -0.39 is 0 Å². The van der Waals surface area contributed by atoms with E-state index in [9.17, 15) is 5.11 Å². The molecule has 0 unspecified atom stereocenters. The number of nitrogens with one attached hydrogen (secondary N) is 1. The minimum absolute atomic E-state index is 0.247. The Labute approximate surface area is 137 Å². The first-order valence-electron chi connectivity index (χ1n) is 5.55. The maximum atomic E-state index is 10.2. The third-order valence-corrected chi connectivity index (χ3v) is 4.20. The molecule has 2 heterocycles. The second-order valence-electron chi connectivity index (χ2n) is 4.25. The fraction of sp³-hybridized carbons (Fsp3) is 0.0769. The molecular formula is C13H9I2N3O. The van der Waals surface area contributed by atoms with Gasteiger partial charge in [-0.2, -0.15) is 0 Å². The van der Waals surface area contributed by atoms with Crippen molar-refractivity contribution < 1.29 is 5.11 Å². The minimum Gasteiger partial charge on any atom is -0.506 e. The molecule has 1 aromatic carbocycles. The Morgan fingerprint density at radius 3 is 2.79 bits per heavy atom. The first-order valence-corrected chi connectivity index (χ1v) is 7.71. The van der Waals surface area contributed by atoms with Crippen LogP contribution in [-0.4, -0.2) is 20.1 Å². The quantitative estimate of drug-likeness (QED) is 0.524. The lowest BCUT2D eigenvalue weighted by Gasteiger charge is -2.04. The van der Waals surface area contributed by atoms with Crippen molar-refractivity contribution in [2.45, 2.75) is 6.92 Å². The summed E-state index contributed by atoms with van der Waals surface area (Å²) in [7, 11) is 0. The van der Waals surface area contributed by atoms with Gasteiger partial charge in [-0.15, -0.1) is 0 Å². The molecule has 0 fully saturated rings. The van der Waals surface area contributed by atoms with Crippen molar-refractivity contribution in [3.05, 3.63) is 37.1 Å². The van der Waals surface area contributed by atoms with E-state index in [2.05, 4.69) is 60.1 Å². The number of phenols is 1. The Bertz CT molecular complexity index is 783.